The molecule has 0 spiro atoms. The first kappa shape index (κ1) is 22.9. The molecular weight excluding hydrogens is 456 g/mol. The van der Waals surface area contributed by atoms with Gasteiger partial charge in [-0.3, -0.25) is 5.10 Å². The lowest BCUT2D eigenvalue weighted by Gasteiger charge is -2.25. The van der Waals surface area contributed by atoms with Crippen LogP contribution in [0.25, 0.3) is 11.3 Å². The Kier molecular flexibility index (Phi) is 6.20. The number of nitrogens with two attached hydrogens (primary N) is 1. The minimum Gasteiger partial charge on any atom is -0.497 e. The highest BCUT2D eigenvalue weighted by Crippen LogP contribution is 2.47. The predicted molar refractivity (Wildman–Crippen MR) is 134 cm³/mol. The molecule has 1 aliphatic heterocycles. The Hall–Kier alpha value is -4.90. The molecule has 36 heavy (non-hydrogen) atoms. The maximum atomic E-state index is 10.0. The van der Waals surface area contributed by atoms with E-state index in [0.29, 0.717) is 41.0 Å². The Bertz CT molecular complexity index is 1470. The lowest BCUT2D eigenvalue weighted by atomic mass is 9.83. The molecule has 0 saturated heterocycles. The van der Waals surface area contributed by atoms with Crippen molar-refractivity contribution in [2.45, 2.75) is 12.5 Å². The van der Waals surface area contributed by atoms with Crippen molar-refractivity contribution in [2.75, 3.05) is 14.2 Å². The molecule has 0 bridgehead atoms. The fourth-order valence-electron chi connectivity index (χ4n) is 4.30. The number of aromatic nitrogens is 2. The Morgan fingerprint density at radius 1 is 1.00 bits per heavy atom. The Balaban J connectivity index is 1.57. The van der Waals surface area contributed by atoms with Gasteiger partial charge in [0.15, 0.2) is 11.5 Å². The van der Waals surface area contributed by atoms with Gasteiger partial charge in [-0.05, 0) is 35.4 Å². The van der Waals surface area contributed by atoms with Crippen molar-refractivity contribution < 1.29 is 18.9 Å². The van der Waals surface area contributed by atoms with Crippen LogP contribution in [0.15, 0.2) is 84.3 Å². The van der Waals surface area contributed by atoms with Crippen molar-refractivity contribution in [3.05, 3.63) is 101 Å². The highest BCUT2D eigenvalue weighted by atomic mass is 16.5. The minimum atomic E-state index is -0.532. The molecule has 3 N–H and O–H groups in total. The van der Waals surface area contributed by atoms with Gasteiger partial charge in [-0.25, -0.2) is 0 Å². The summed E-state index contributed by atoms with van der Waals surface area (Å²) < 4.78 is 22.8. The Morgan fingerprint density at radius 2 is 1.83 bits per heavy atom. The van der Waals surface area contributed by atoms with E-state index in [1.165, 1.54) is 0 Å². The summed E-state index contributed by atoms with van der Waals surface area (Å²) >= 11 is 0. The summed E-state index contributed by atoms with van der Waals surface area (Å²) in [5.74, 6) is 1.63. The zero-order valence-corrected chi connectivity index (χ0v) is 19.8. The summed E-state index contributed by atoms with van der Waals surface area (Å²) in [5, 5.41) is 17.4. The predicted octanol–water partition coefficient (Wildman–Crippen LogP) is 4.89. The number of H-pyrrole nitrogens is 1. The number of hydrogen-bond donors (Lipinski definition) is 2. The molecule has 1 aliphatic rings. The quantitative estimate of drug-likeness (QED) is 0.387. The minimum absolute atomic E-state index is 0.0158. The van der Waals surface area contributed by atoms with E-state index < -0.39 is 5.92 Å². The van der Waals surface area contributed by atoms with E-state index in [1.54, 1.807) is 14.2 Å². The molecule has 0 unspecified atom stereocenters. The van der Waals surface area contributed by atoms with Crippen LogP contribution in [0.3, 0.4) is 0 Å². The maximum Gasteiger partial charge on any atom is 0.244 e. The molecule has 8 heteroatoms. The number of hydrogen-bond acceptors (Lipinski definition) is 7. The van der Waals surface area contributed by atoms with E-state index in [2.05, 4.69) is 16.3 Å². The molecular formula is C28H24N4O4. The van der Waals surface area contributed by atoms with E-state index in [1.807, 2.05) is 72.8 Å². The van der Waals surface area contributed by atoms with Crippen molar-refractivity contribution in [1.82, 2.24) is 10.2 Å². The van der Waals surface area contributed by atoms with E-state index in [9.17, 15) is 5.26 Å². The van der Waals surface area contributed by atoms with Crippen molar-refractivity contribution >= 4 is 0 Å². The highest BCUT2D eigenvalue weighted by Gasteiger charge is 2.36. The van der Waals surface area contributed by atoms with E-state index >= 15 is 0 Å². The van der Waals surface area contributed by atoms with E-state index in [-0.39, 0.29) is 11.5 Å². The second kappa shape index (κ2) is 9.76. The third-order valence-corrected chi connectivity index (χ3v) is 6.06. The normalized spacial score (nSPS) is 14.4. The molecule has 180 valence electrons. The topological polar surface area (TPSA) is 115 Å². The van der Waals surface area contributed by atoms with Crippen molar-refractivity contribution in [3.63, 3.8) is 0 Å². The number of nitrogens with one attached hydrogen (secondary N) is 1. The molecule has 5 rings (SSSR count). The molecule has 1 atom stereocenters. The zero-order valence-electron chi connectivity index (χ0n) is 19.8. The molecule has 8 nitrogen and oxygen atoms in total. The van der Waals surface area contributed by atoms with Gasteiger partial charge in [-0.1, -0.05) is 48.5 Å². The average Bonchev–Trinajstić information content (AvgIpc) is 3.35. The van der Waals surface area contributed by atoms with Gasteiger partial charge >= 0.3 is 0 Å². The Morgan fingerprint density at radius 3 is 2.58 bits per heavy atom. The third kappa shape index (κ3) is 4.18. The number of benzene rings is 3. The first-order valence-electron chi connectivity index (χ1n) is 11.3. The van der Waals surface area contributed by atoms with Crippen LogP contribution in [0, 0.1) is 11.3 Å². The summed E-state index contributed by atoms with van der Waals surface area (Å²) in [6.07, 6.45) is 0. The van der Waals surface area contributed by atoms with Crippen LogP contribution in [-0.4, -0.2) is 24.4 Å². The second-order valence-corrected chi connectivity index (χ2v) is 8.16. The van der Waals surface area contributed by atoms with E-state index in [0.717, 1.165) is 16.7 Å². The molecule has 0 fully saturated rings. The number of fused-ring (bicyclic) bond motifs is 1. The van der Waals surface area contributed by atoms with Crippen molar-refractivity contribution in [1.29, 1.82) is 5.26 Å². The van der Waals surface area contributed by atoms with Crippen LogP contribution >= 0.6 is 0 Å². The molecule has 2 heterocycles. The van der Waals surface area contributed by atoms with Crippen LogP contribution in [0.4, 0.5) is 0 Å². The smallest absolute Gasteiger partial charge is 0.244 e. The fraction of sp³-hybridized carbons (Fsp3) is 0.143. The monoisotopic (exact) mass is 480 g/mol. The van der Waals surface area contributed by atoms with Gasteiger partial charge in [0.05, 0.1) is 31.4 Å². The van der Waals surface area contributed by atoms with Crippen molar-refractivity contribution in [2.24, 2.45) is 5.73 Å². The number of aromatic amines is 1. The summed E-state index contributed by atoms with van der Waals surface area (Å²) in [7, 11) is 3.19. The molecule has 1 aromatic heterocycles. The van der Waals surface area contributed by atoms with Crippen LogP contribution in [0.5, 0.6) is 23.1 Å². The molecule has 0 aliphatic carbocycles. The maximum absolute atomic E-state index is 10.0. The van der Waals surface area contributed by atoms with E-state index in [4.69, 9.17) is 24.7 Å². The highest BCUT2D eigenvalue weighted by molar-refractivity contribution is 5.72. The van der Waals surface area contributed by atoms with Crippen LogP contribution in [0.2, 0.25) is 0 Å². The molecule has 3 aromatic carbocycles. The van der Waals surface area contributed by atoms with Gasteiger partial charge in [0.25, 0.3) is 0 Å². The van der Waals surface area contributed by atoms with Crippen molar-refractivity contribution in [3.8, 4) is 40.5 Å². The average molecular weight is 481 g/mol. The molecule has 0 radical (unpaired) electrons. The lowest BCUT2D eigenvalue weighted by Crippen LogP contribution is -2.21. The van der Waals surface area contributed by atoms with Crippen LogP contribution in [0.1, 0.15) is 22.6 Å². The standard InChI is InChI=1S/C28H24N4O4/c1-33-20-10-6-9-19(13-20)26-25-24(21(15-29)27(30)36-28(25)32-31-26)18-11-12-22(23(14-18)34-2)35-16-17-7-4-3-5-8-17/h3-14,24H,16,30H2,1-2H3,(H,31,32)/t24-/m0/s1. The first-order chi connectivity index (χ1) is 17.6. The van der Waals surface area contributed by atoms with Gasteiger partial charge in [-0.2, -0.15) is 5.26 Å². The van der Waals surface area contributed by atoms with Crippen LogP contribution in [-0.2, 0) is 6.61 Å². The molecule has 0 saturated carbocycles. The summed E-state index contributed by atoms with van der Waals surface area (Å²) in [4.78, 5) is 0. The number of methoxy groups -OCH3 is 2. The number of nitriles is 1. The Labute approximate surface area is 208 Å². The first-order valence-corrected chi connectivity index (χ1v) is 11.3. The number of allylic oxidation sites excluding steroid dienone is 1. The second-order valence-electron chi connectivity index (χ2n) is 8.16. The summed E-state index contributed by atoms with van der Waals surface area (Å²) in [6, 6.07) is 25.3. The van der Waals surface area contributed by atoms with Gasteiger partial charge in [-0.15, -0.1) is 5.10 Å². The van der Waals surface area contributed by atoms with Crippen LogP contribution < -0.4 is 24.7 Å². The largest absolute Gasteiger partial charge is 0.497 e. The fourth-order valence-corrected chi connectivity index (χ4v) is 4.30. The third-order valence-electron chi connectivity index (χ3n) is 6.06. The van der Waals surface area contributed by atoms with Gasteiger partial charge in [0.2, 0.25) is 11.8 Å². The molecule has 4 aromatic rings. The SMILES string of the molecule is COc1cccc(-c2[nH]nc3c2[C@@H](c2ccc(OCc4ccccc4)c(OC)c2)C(C#N)=C(N)O3)c1. The summed E-state index contributed by atoms with van der Waals surface area (Å²) in [6.45, 7) is 0.399. The van der Waals surface area contributed by atoms with Gasteiger partial charge in [0, 0.05) is 5.56 Å². The number of ether oxygens (including phenoxy) is 4. The number of rotatable bonds is 7. The zero-order chi connectivity index (χ0) is 25.1. The number of nitrogens with zero attached hydrogens (tertiary/aromatic N) is 2. The summed E-state index contributed by atoms with van der Waals surface area (Å²) in [5.41, 5.74) is 10.5. The van der Waals surface area contributed by atoms with Gasteiger partial charge in [0.1, 0.15) is 24.0 Å². The van der Waals surface area contributed by atoms with Gasteiger partial charge < -0.3 is 24.7 Å². The lowest BCUT2D eigenvalue weighted by molar-refractivity contribution is 0.284. The molecule has 0 amide bonds.